The Morgan fingerprint density at radius 3 is 2.70 bits per heavy atom. The monoisotopic (exact) mass is 371 g/mol. The molecule has 0 unspecified atom stereocenters. The predicted molar refractivity (Wildman–Crippen MR) is 103 cm³/mol. The minimum absolute atomic E-state index is 0.00126. The summed E-state index contributed by atoms with van der Waals surface area (Å²) in [5, 5.41) is 0.865. The lowest BCUT2D eigenvalue weighted by molar-refractivity contribution is -0.137. The molecule has 0 saturated carbocycles. The highest BCUT2D eigenvalue weighted by Crippen LogP contribution is 2.27. The highest BCUT2D eigenvalue weighted by molar-refractivity contribution is 5.96. The van der Waals surface area contributed by atoms with Crippen molar-refractivity contribution in [1.82, 2.24) is 14.9 Å². The maximum atomic E-state index is 11.9. The molecule has 3 rings (SSSR count). The number of amides is 2. The number of hydrogen-bond donors (Lipinski definition) is 1. The van der Waals surface area contributed by atoms with Gasteiger partial charge in [-0.25, -0.2) is 4.98 Å². The zero-order valence-corrected chi connectivity index (χ0v) is 15.7. The van der Waals surface area contributed by atoms with Crippen LogP contribution in [-0.2, 0) is 9.53 Å². The zero-order chi connectivity index (χ0) is 19.4. The van der Waals surface area contributed by atoms with Crippen molar-refractivity contribution in [2.24, 2.45) is 5.73 Å². The Balaban J connectivity index is 1.66. The molecule has 1 aliphatic heterocycles. The molecule has 8 heteroatoms. The third kappa shape index (κ3) is 4.33. The smallest absolute Gasteiger partial charge is 0.267 e. The minimum Gasteiger partial charge on any atom is -0.368 e. The Bertz CT molecular complexity index is 833. The third-order valence-corrected chi connectivity index (χ3v) is 4.96. The lowest BCUT2D eigenvalue weighted by Gasteiger charge is -2.33. The largest absolute Gasteiger partial charge is 0.368 e. The van der Waals surface area contributed by atoms with Crippen molar-refractivity contribution in [2.75, 3.05) is 38.2 Å². The van der Waals surface area contributed by atoms with E-state index in [-0.39, 0.29) is 24.3 Å². The Morgan fingerprint density at radius 1 is 1.30 bits per heavy atom. The van der Waals surface area contributed by atoms with Gasteiger partial charge in [-0.1, -0.05) is 0 Å². The van der Waals surface area contributed by atoms with Gasteiger partial charge in [0.25, 0.3) is 5.91 Å². The standard InChI is InChI=1S/C19H25N5O3/c1-3-23(2)17(25)12-27-14-6-8-24(9-7-14)16-11-21-10-13-4-5-15(19(20)26)22-18(13)16/h4-5,10-11,14H,3,6-9,12H2,1-2H3,(H2,20,26). The van der Waals surface area contributed by atoms with Crippen molar-refractivity contribution in [3.05, 3.63) is 30.2 Å². The summed E-state index contributed by atoms with van der Waals surface area (Å²) in [4.78, 5) is 35.9. The Labute approximate surface area is 158 Å². The van der Waals surface area contributed by atoms with Crippen molar-refractivity contribution >= 4 is 28.4 Å². The van der Waals surface area contributed by atoms with Crippen LogP contribution in [0.5, 0.6) is 0 Å². The van der Waals surface area contributed by atoms with Crippen LogP contribution in [0.2, 0.25) is 0 Å². The zero-order valence-electron chi connectivity index (χ0n) is 15.7. The van der Waals surface area contributed by atoms with Gasteiger partial charge in [0, 0.05) is 38.3 Å². The quantitative estimate of drug-likeness (QED) is 0.818. The molecular weight excluding hydrogens is 346 g/mol. The molecule has 27 heavy (non-hydrogen) atoms. The van der Waals surface area contributed by atoms with E-state index in [1.54, 1.807) is 30.4 Å². The van der Waals surface area contributed by atoms with Crippen LogP contribution < -0.4 is 10.6 Å². The van der Waals surface area contributed by atoms with Crippen molar-refractivity contribution < 1.29 is 14.3 Å². The van der Waals surface area contributed by atoms with E-state index in [1.807, 2.05) is 13.0 Å². The molecule has 0 radical (unpaired) electrons. The Hall–Kier alpha value is -2.74. The molecule has 144 valence electrons. The van der Waals surface area contributed by atoms with Gasteiger partial charge >= 0.3 is 0 Å². The lowest BCUT2D eigenvalue weighted by atomic mass is 10.1. The predicted octanol–water partition coefficient (Wildman–Crippen LogP) is 1.19. The first kappa shape index (κ1) is 19.0. The van der Waals surface area contributed by atoms with Gasteiger partial charge in [-0.2, -0.15) is 0 Å². The van der Waals surface area contributed by atoms with E-state index in [0.29, 0.717) is 6.54 Å². The van der Waals surface area contributed by atoms with Crippen molar-refractivity contribution in [3.8, 4) is 0 Å². The van der Waals surface area contributed by atoms with Gasteiger partial charge in [-0.05, 0) is 31.9 Å². The number of fused-ring (bicyclic) bond motifs is 1. The van der Waals surface area contributed by atoms with Crippen LogP contribution in [-0.4, -0.2) is 66.1 Å². The van der Waals surface area contributed by atoms with Crippen LogP contribution in [0.25, 0.3) is 10.9 Å². The molecule has 1 saturated heterocycles. The highest BCUT2D eigenvalue weighted by Gasteiger charge is 2.23. The van der Waals surface area contributed by atoms with Gasteiger partial charge in [-0.3, -0.25) is 14.6 Å². The summed E-state index contributed by atoms with van der Waals surface area (Å²) in [5.41, 5.74) is 7.21. The summed E-state index contributed by atoms with van der Waals surface area (Å²) >= 11 is 0. The average molecular weight is 371 g/mol. The molecule has 2 N–H and O–H groups in total. The topological polar surface area (TPSA) is 102 Å². The average Bonchev–Trinajstić information content (AvgIpc) is 2.70. The van der Waals surface area contributed by atoms with E-state index in [1.165, 1.54) is 0 Å². The molecule has 0 aromatic carbocycles. The number of carbonyl (C=O) groups is 2. The van der Waals surface area contributed by atoms with E-state index >= 15 is 0 Å². The fourth-order valence-electron chi connectivity index (χ4n) is 3.14. The summed E-state index contributed by atoms with van der Waals surface area (Å²) in [7, 11) is 1.77. The van der Waals surface area contributed by atoms with E-state index < -0.39 is 5.91 Å². The summed E-state index contributed by atoms with van der Waals surface area (Å²) in [6, 6.07) is 3.42. The molecular formula is C19H25N5O3. The summed E-state index contributed by atoms with van der Waals surface area (Å²) in [5.74, 6) is -0.546. The Kier molecular flexibility index (Phi) is 5.85. The number of pyridine rings is 2. The van der Waals surface area contributed by atoms with Gasteiger partial charge in [0.15, 0.2) is 0 Å². The maximum Gasteiger partial charge on any atom is 0.267 e. The van der Waals surface area contributed by atoms with Crippen LogP contribution in [0, 0.1) is 0 Å². The van der Waals surface area contributed by atoms with Gasteiger partial charge < -0.3 is 20.3 Å². The number of piperidine rings is 1. The van der Waals surface area contributed by atoms with Crippen LogP contribution in [0.15, 0.2) is 24.5 Å². The van der Waals surface area contributed by atoms with Crippen molar-refractivity contribution in [2.45, 2.75) is 25.9 Å². The van der Waals surface area contributed by atoms with Crippen LogP contribution >= 0.6 is 0 Å². The number of rotatable bonds is 6. The second-order valence-corrected chi connectivity index (χ2v) is 6.70. The van der Waals surface area contributed by atoms with Crippen LogP contribution in [0.4, 0.5) is 5.69 Å². The molecule has 2 aromatic heterocycles. The lowest BCUT2D eigenvalue weighted by Crippen LogP contribution is -2.39. The SMILES string of the molecule is CCN(C)C(=O)COC1CCN(c2cncc3ccc(C(N)=O)nc23)CC1. The second kappa shape index (κ2) is 8.30. The highest BCUT2D eigenvalue weighted by atomic mass is 16.5. The van der Waals surface area contributed by atoms with Gasteiger partial charge in [-0.15, -0.1) is 0 Å². The summed E-state index contributed by atoms with van der Waals surface area (Å²) in [6.45, 7) is 4.27. The fourth-order valence-corrected chi connectivity index (χ4v) is 3.14. The van der Waals surface area contributed by atoms with E-state index in [9.17, 15) is 9.59 Å². The first-order valence-electron chi connectivity index (χ1n) is 9.14. The molecule has 1 aliphatic rings. The Morgan fingerprint density at radius 2 is 2.04 bits per heavy atom. The molecule has 2 amide bonds. The summed E-state index contributed by atoms with van der Waals surface area (Å²) in [6.07, 6.45) is 5.18. The van der Waals surface area contributed by atoms with E-state index in [2.05, 4.69) is 14.9 Å². The maximum absolute atomic E-state index is 11.9. The van der Waals surface area contributed by atoms with Crippen LogP contribution in [0.3, 0.4) is 0 Å². The van der Waals surface area contributed by atoms with Gasteiger partial charge in [0.1, 0.15) is 12.3 Å². The van der Waals surface area contributed by atoms with Crippen molar-refractivity contribution in [3.63, 3.8) is 0 Å². The normalized spacial score (nSPS) is 15.1. The number of likely N-dealkylation sites (N-methyl/N-ethyl adjacent to an activating group) is 1. The number of nitrogens with two attached hydrogens (primary N) is 1. The first-order valence-corrected chi connectivity index (χ1v) is 9.14. The molecule has 0 bridgehead atoms. The molecule has 3 heterocycles. The number of carbonyl (C=O) groups excluding carboxylic acids is 2. The van der Waals surface area contributed by atoms with Crippen molar-refractivity contribution in [1.29, 1.82) is 0 Å². The number of ether oxygens (including phenoxy) is 1. The molecule has 0 atom stereocenters. The van der Waals surface area contributed by atoms with Gasteiger partial charge in [0.05, 0.1) is 23.5 Å². The summed E-state index contributed by atoms with van der Waals surface area (Å²) < 4.78 is 5.78. The number of aromatic nitrogens is 2. The minimum atomic E-state index is -0.548. The first-order chi connectivity index (χ1) is 13.0. The second-order valence-electron chi connectivity index (χ2n) is 6.70. The molecule has 0 aliphatic carbocycles. The number of nitrogens with zero attached hydrogens (tertiary/aromatic N) is 4. The number of primary amides is 1. The molecule has 2 aromatic rings. The van der Waals surface area contributed by atoms with Crippen LogP contribution in [0.1, 0.15) is 30.3 Å². The number of hydrogen-bond acceptors (Lipinski definition) is 6. The van der Waals surface area contributed by atoms with Gasteiger partial charge in [0.2, 0.25) is 5.91 Å². The third-order valence-electron chi connectivity index (χ3n) is 4.96. The molecule has 1 fully saturated rings. The fraction of sp³-hybridized carbons (Fsp3) is 0.474. The van der Waals surface area contributed by atoms with E-state index in [4.69, 9.17) is 10.5 Å². The van der Waals surface area contributed by atoms with E-state index in [0.717, 1.165) is 42.5 Å². The molecule has 8 nitrogen and oxygen atoms in total. The number of anilines is 1. The molecule has 0 spiro atoms.